The Morgan fingerprint density at radius 2 is 1.67 bits per heavy atom. The van der Waals surface area contributed by atoms with Crippen molar-refractivity contribution in [2.45, 2.75) is 13.8 Å². The molecule has 5 aromatic rings. The average molecular weight is 474 g/mol. The van der Waals surface area contributed by atoms with Gasteiger partial charge in [0.2, 0.25) is 0 Å². The van der Waals surface area contributed by atoms with Gasteiger partial charge in [0.25, 0.3) is 0 Å². The van der Waals surface area contributed by atoms with Crippen LogP contribution in [0.15, 0.2) is 84.0 Å². The van der Waals surface area contributed by atoms with Crippen molar-refractivity contribution in [3.8, 4) is 39.6 Å². The van der Waals surface area contributed by atoms with Crippen LogP contribution in [-0.4, -0.2) is 10.9 Å². The molecule has 0 spiro atoms. The highest BCUT2D eigenvalue weighted by Crippen LogP contribution is 2.42. The standard InChI is InChI=1S/C30H20FN3O2/c1-17-5-3-8-22(16-32)27(17)28-25-15-23(31)10-12-26(25)33-29(28)20-7-4-6-19(14-20)24-11-9-21(13-18(24)2)30(35)34-36/h3-15,33H,1-2H3. The molecule has 1 heterocycles. The summed E-state index contributed by atoms with van der Waals surface area (Å²) in [5.41, 5.74) is 8.23. The SMILES string of the molecule is Cc1cc(C(=O)N=O)ccc1-c1cccc(-c2[nH]c3ccc(F)cc3c2-c2c(C)cccc2C#N)c1. The van der Waals surface area contributed by atoms with Crippen molar-refractivity contribution in [2.75, 3.05) is 0 Å². The molecule has 0 saturated carbocycles. The summed E-state index contributed by atoms with van der Waals surface area (Å²) in [6.07, 6.45) is 0. The number of aryl methyl sites for hydroxylation is 2. The molecule has 36 heavy (non-hydrogen) atoms. The van der Waals surface area contributed by atoms with E-state index in [2.05, 4.69) is 16.2 Å². The highest BCUT2D eigenvalue weighted by Gasteiger charge is 2.20. The third-order valence-corrected chi connectivity index (χ3v) is 6.42. The lowest BCUT2D eigenvalue weighted by atomic mass is 9.90. The third kappa shape index (κ3) is 3.87. The Labute approximate surface area is 206 Å². The zero-order chi connectivity index (χ0) is 25.4. The fourth-order valence-corrected chi connectivity index (χ4v) is 4.75. The minimum absolute atomic E-state index is 0.242. The Hall–Kier alpha value is -4.89. The number of aromatic nitrogens is 1. The van der Waals surface area contributed by atoms with Crippen molar-refractivity contribution in [3.05, 3.63) is 112 Å². The third-order valence-electron chi connectivity index (χ3n) is 6.42. The molecule has 4 aromatic carbocycles. The van der Waals surface area contributed by atoms with Crippen LogP contribution in [0.2, 0.25) is 0 Å². The smallest absolute Gasteiger partial charge is 0.316 e. The Bertz CT molecular complexity index is 1730. The fourth-order valence-electron chi connectivity index (χ4n) is 4.75. The summed E-state index contributed by atoms with van der Waals surface area (Å²) in [7, 11) is 0. The van der Waals surface area contributed by atoms with Crippen molar-refractivity contribution in [1.29, 1.82) is 5.26 Å². The zero-order valence-corrected chi connectivity index (χ0v) is 19.6. The van der Waals surface area contributed by atoms with Crippen LogP contribution in [0.1, 0.15) is 27.0 Å². The number of hydrogen-bond acceptors (Lipinski definition) is 3. The summed E-state index contributed by atoms with van der Waals surface area (Å²) >= 11 is 0. The summed E-state index contributed by atoms with van der Waals surface area (Å²) < 4.78 is 14.3. The largest absolute Gasteiger partial charge is 0.354 e. The maximum Gasteiger partial charge on any atom is 0.316 e. The number of amides is 1. The van der Waals surface area contributed by atoms with E-state index in [0.29, 0.717) is 10.9 Å². The van der Waals surface area contributed by atoms with Gasteiger partial charge in [0, 0.05) is 32.8 Å². The molecule has 0 unspecified atom stereocenters. The van der Waals surface area contributed by atoms with Gasteiger partial charge in [-0.2, -0.15) is 5.26 Å². The highest BCUT2D eigenvalue weighted by atomic mass is 19.1. The Morgan fingerprint density at radius 3 is 2.42 bits per heavy atom. The number of carbonyl (C=O) groups excluding carboxylic acids is 1. The summed E-state index contributed by atoms with van der Waals surface area (Å²) in [6, 6.07) is 25.3. The number of aromatic amines is 1. The second-order valence-corrected chi connectivity index (χ2v) is 8.68. The van der Waals surface area contributed by atoms with Crippen molar-refractivity contribution in [2.24, 2.45) is 5.18 Å². The number of H-pyrrole nitrogens is 1. The number of nitriles is 1. The molecule has 5 rings (SSSR count). The van der Waals surface area contributed by atoms with Crippen LogP contribution < -0.4 is 0 Å². The second kappa shape index (κ2) is 9.05. The van der Waals surface area contributed by atoms with Crippen LogP contribution in [-0.2, 0) is 0 Å². The summed E-state index contributed by atoms with van der Waals surface area (Å²) in [6.45, 7) is 3.81. The first-order valence-electron chi connectivity index (χ1n) is 11.3. The van der Waals surface area contributed by atoms with Crippen molar-refractivity contribution in [3.63, 3.8) is 0 Å². The molecular weight excluding hydrogens is 453 g/mol. The van der Waals surface area contributed by atoms with E-state index in [0.717, 1.165) is 50.2 Å². The van der Waals surface area contributed by atoms with Crippen LogP contribution >= 0.6 is 0 Å². The van der Waals surface area contributed by atoms with Gasteiger partial charge in [-0.15, -0.1) is 4.91 Å². The number of nitrogens with zero attached hydrogens (tertiary/aromatic N) is 2. The van der Waals surface area contributed by atoms with Crippen molar-refractivity contribution >= 4 is 16.8 Å². The van der Waals surface area contributed by atoms with E-state index < -0.39 is 5.91 Å². The lowest BCUT2D eigenvalue weighted by molar-refractivity contribution is 0.100. The lowest BCUT2D eigenvalue weighted by Crippen LogP contribution is -1.95. The molecule has 0 saturated heterocycles. The van der Waals surface area contributed by atoms with Crippen LogP contribution in [0.3, 0.4) is 0 Å². The van der Waals surface area contributed by atoms with E-state index in [4.69, 9.17) is 0 Å². The first kappa shape index (κ1) is 22.9. The van der Waals surface area contributed by atoms with Gasteiger partial charge >= 0.3 is 5.91 Å². The number of fused-ring (bicyclic) bond motifs is 1. The Balaban J connectivity index is 1.74. The van der Waals surface area contributed by atoms with E-state index in [1.807, 2.05) is 50.2 Å². The molecule has 6 heteroatoms. The molecule has 174 valence electrons. The predicted molar refractivity (Wildman–Crippen MR) is 139 cm³/mol. The quantitative estimate of drug-likeness (QED) is 0.271. The molecule has 0 atom stereocenters. The topological polar surface area (TPSA) is 86.1 Å². The minimum Gasteiger partial charge on any atom is -0.354 e. The molecule has 1 N–H and O–H groups in total. The maximum absolute atomic E-state index is 14.3. The first-order chi connectivity index (χ1) is 17.4. The Kier molecular flexibility index (Phi) is 5.75. The molecule has 0 aliphatic heterocycles. The number of nitroso groups, excluding NO2 is 1. The summed E-state index contributed by atoms with van der Waals surface area (Å²) in [5.74, 6) is -1.16. The lowest BCUT2D eigenvalue weighted by Gasteiger charge is -2.13. The van der Waals surface area contributed by atoms with Crippen LogP contribution in [0.25, 0.3) is 44.4 Å². The van der Waals surface area contributed by atoms with Gasteiger partial charge in [-0.25, -0.2) is 4.39 Å². The predicted octanol–water partition coefficient (Wildman–Crippen LogP) is 7.70. The molecule has 0 radical (unpaired) electrons. The van der Waals surface area contributed by atoms with Gasteiger partial charge in [0.05, 0.1) is 17.3 Å². The van der Waals surface area contributed by atoms with E-state index >= 15 is 0 Å². The van der Waals surface area contributed by atoms with Crippen LogP contribution in [0, 0.1) is 35.9 Å². The first-order valence-corrected chi connectivity index (χ1v) is 11.3. The average Bonchev–Trinajstić information content (AvgIpc) is 3.26. The van der Waals surface area contributed by atoms with Gasteiger partial charge in [-0.1, -0.05) is 36.4 Å². The number of benzene rings is 4. The van der Waals surface area contributed by atoms with Crippen molar-refractivity contribution < 1.29 is 9.18 Å². The van der Waals surface area contributed by atoms with E-state index in [9.17, 15) is 19.4 Å². The number of rotatable bonds is 4. The maximum atomic E-state index is 14.3. The summed E-state index contributed by atoms with van der Waals surface area (Å²) in [4.78, 5) is 25.8. The van der Waals surface area contributed by atoms with Gasteiger partial charge < -0.3 is 4.98 Å². The van der Waals surface area contributed by atoms with Gasteiger partial charge in [-0.05, 0) is 84.1 Å². The molecule has 1 aromatic heterocycles. The fraction of sp³-hybridized carbons (Fsp3) is 0.0667. The molecule has 0 fully saturated rings. The molecule has 0 aliphatic rings. The van der Waals surface area contributed by atoms with Crippen LogP contribution in [0.4, 0.5) is 4.39 Å². The van der Waals surface area contributed by atoms with Gasteiger partial charge in [-0.3, -0.25) is 4.79 Å². The molecule has 0 aliphatic carbocycles. The number of hydrogen-bond donors (Lipinski definition) is 1. The zero-order valence-electron chi connectivity index (χ0n) is 19.6. The van der Waals surface area contributed by atoms with E-state index in [-0.39, 0.29) is 11.4 Å². The van der Waals surface area contributed by atoms with Gasteiger partial charge in [0.1, 0.15) is 5.82 Å². The molecule has 5 nitrogen and oxygen atoms in total. The van der Waals surface area contributed by atoms with Crippen molar-refractivity contribution in [1.82, 2.24) is 4.98 Å². The molecular formula is C30H20FN3O2. The van der Waals surface area contributed by atoms with E-state index in [1.54, 1.807) is 30.3 Å². The number of carbonyl (C=O) groups is 1. The van der Waals surface area contributed by atoms with Gasteiger partial charge in [0.15, 0.2) is 0 Å². The van der Waals surface area contributed by atoms with Crippen LogP contribution in [0.5, 0.6) is 0 Å². The highest BCUT2D eigenvalue weighted by molar-refractivity contribution is 6.06. The Morgan fingerprint density at radius 1 is 0.889 bits per heavy atom. The minimum atomic E-state index is -0.806. The monoisotopic (exact) mass is 473 g/mol. The molecule has 0 bridgehead atoms. The van der Waals surface area contributed by atoms with E-state index in [1.165, 1.54) is 12.1 Å². The normalized spacial score (nSPS) is 10.8. The number of nitrogens with one attached hydrogen (secondary N) is 1. The summed E-state index contributed by atoms with van der Waals surface area (Å²) in [5, 5.41) is 13.0. The molecule has 1 amide bonds. The second-order valence-electron chi connectivity index (χ2n) is 8.68. The number of halogens is 1.